The molecule has 0 amide bonds. The minimum Gasteiger partial charge on any atom is -0.206 e. The summed E-state index contributed by atoms with van der Waals surface area (Å²) >= 11 is 0. The third-order valence-electron chi connectivity index (χ3n) is 5.64. The second-order valence-corrected chi connectivity index (χ2v) is 7.91. The zero-order valence-corrected chi connectivity index (χ0v) is 17.5. The van der Waals surface area contributed by atoms with Crippen LogP contribution in [-0.2, 0) is 12.8 Å². The minimum absolute atomic E-state index is 0.105. The van der Waals surface area contributed by atoms with Crippen LogP contribution < -0.4 is 0 Å². The van der Waals surface area contributed by atoms with Gasteiger partial charge in [0.05, 0.1) is 5.56 Å². The molecule has 0 radical (unpaired) electrons. The molecular formula is C27H21F5. The van der Waals surface area contributed by atoms with Gasteiger partial charge in [-0.1, -0.05) is 49.7 Å². The van der Waals surface area contributed by atoms with Crippen LogP contribution >= 0.6 is 0 Å². The van der Waals surface area contributed by atoms with Crippen LogP contribution in [0.25, 0.3) is 21.9 Å². The summed E-state index contributed by atoms with van der Waals surface area (Å²) < 4.78 is 70.5. The molecule has 0 aromatic heterocycles. The Morgan fingerprint density at radius 1 is 0.656 bits per heavy atom. The SMILES string of the molecule is CCCCc1cc(F)c(-c2ccc(Cc3cc(F)c(F)c(F)c3)c3ccccc23)c(F)c1. The molecular weight excluding hydrogens is 419 g/mol. The molecule has 0 heterocycles. The van der Waals surface area contributed by atoms with Gasteiger partial charge >= 0.3 is 0 Å². The van der Waals surface area contributed by atoms with E-state index in [9.17, 15) is 22.0 Å². The molecule has 0 spiro atoms. The first-order valence-electron chi connectivity index (χ1n) is 10.5. The second kappa shape index (κ2) is 9.11. The summed E-state index contributed by atoms with van der Waals surface area (Å²) in [6.07, 6.45) is 2.52. The van der Waals surface area contributed by atoms with Crippen LogP contribution in [0.2, 0.25) is 0 Å². The van der Waals surface area contributed by atoms with Crippen molar-refractivity contribution in [3.05, 3.63) is 106 Å². The quantitative estimate of drug-likeness (QED) is 0.210. The summed E-state index contributed by atoms with van der Waals surface area (Å²) in [6.45, 7) is 2.02. The van der Waals surface area contributed by atoms with Gasteiger partial charge in [-0.25, -0.2) is 22.0 Å². The van der Waals surface area contributed by atoms with E-state index in [1.54, 1.807) is 36.4 Å². The second-order valence-electron chi connectivity index (χ2n) is 7.91. The van der Waals surface area contributed by atoms with E-state index >= 15 is 0 Å². The zero-order valence-electron chi connectivity index (χ0n) is 17.5. The third kappa shape index (κ3) is 4.24. The number of rotatable bonds is 6. The van der Waals surface area contributed by atoms with Gasteiger partial charge in [0.1, 0.15) is 11.6 Å². The summed E-state index contributed by atoms with van der Waals surface area (Å²) in [7, 11) is 0. The van der Waals surface area contributed by atoms with Gasteiger partial charge in [-0.15, -0.1) is 0 Å². The molecule has 0 nitrogen and oxygen atoms in total. The van der Waals surface area contributed by atoms with Crippen LogP contribution in [0.4, 0.5) is 22.0 Å². The molecule has 0 N–H and O–H groups in total. The van der Waals surface area contributed by atoms with E-state index in [1.165, 1.54) is 12.1 Å². The molecule has 0 fully saturated rings. The number of hydrogen-bond donors (Lipinski definition) is 0. The highest BCUT2D eigenvalue weighted by molar-refractivity contribution is 5.99. The van der Waals surface area contributed by atoms with Crippen LogP contribution in [0.1, 0.15) is 36.5 Å². The van der Waals surface area contributed by atoms with Crippen molar-refractivity contribution in [1.29, 1.82) is 0 Å². The maximum atomic E-state index is 15.0. The molecule has 0 aliphatic heterocycles. The highest BCUT2D eigenvalue weighted by Crippen LogP contribution is 2.35. The van der Waals surface area contributed by atoms with Crippen LogP contribution in [0, 0.1) is 29.1 Å². The van der Waals surface area contributed by atoms with Crippen LogP contribution in [0.5, 0.6) is 0 Å². The third-order valence-corrected chi connectivity index (χ3v) is 5.64. The van der Waals surface area contributed by atoms with Gasteiger partial charge in [0.15, 0.2) is 17.5 Å². The van der Waals surface area contributed by atoms with E-state index in [-0.39, 0.29) is 17.5 Å². The average Bonchev–Trinajstić information content (AvgIpc) is 2.77. The van der Waals surface area contributed by atoms with Crippen LogP contribution in [0.15, 0.2) is 60.7 Å². The van der Waals surface area contributed by atoms with Gasteiger partial charge in [-0.3, -0.25) is 0 Å². The predicted octanol–water partition coefficient (Wildman–Crippen LogP) is 8.14. The van der Waals surface area contributed by atoms with E-state index < -0.39 is 29.1 Å². The van der Waals surface area contributed by atoms with Gasteiger partial charge in [0, 0.05) is 0 Å². The Bertz CT molecular complexity index is 1250. The molecule has 0 aliphatic rings. The summed E-state index contributed by atoms with van der Waals surface area (Å²) in [5.74, 6) is -5.28. The van der Waals surface area contributed by atoms with Crippen molar-refractivity contribution < 1.29 is 22.0 Å². The molecule has 0 saturated heterocycles. The molecule has 0 saturated carbocycles. The van der Waals surface area contributed by atoms with Crippen LogP contribution in [-0.4, -0.2) is 0 Å². The Hall–Kier alpha value is -3.21. The predicted molar refractivity (Wildman–Crippen MR) is 117 cm³/mol. The Balaban J connectivity index is 1.80. The molecule has 0 unspecified atom stereocenters. The first-order valence-corrected chi connectivity index (χ1v) is 10.5. The Kier molecular flexibility index (Phi) is 6.26. The largest absolute Gasteiger partial charge is 0.206 e. The number of hydrogen-bond acceptors (Lipinski definition) is 0. The van der Waals surface area contributed by atoms with E-state index in [1.807, 2.05) is 6.92 Å². The molecule has 0 atom stereocenters. The monoisotopic (exact) mass is 440 g/mol. The lowest BCUT2D eigenvalue weighted by Gasteiger charge is -2.14. The van der Waals surface area contributed by atoms with Gasteiger partial charge in [0.25, 0.3) is 0 Å². The van der Waals surface area contributed by atoms with Crippen molar-refractivity contribution >= 4 is 10.8 Å². The lowest BCUT2D eigenvalue weighted by Crippen LogP contribution is -1.99. The zero-order chi connectivity index (χ0) is 22.8. The van der Waals surface area contributed by atoms with Gasteiger partial charge in [-0.2, -0.15) is 0 Å². The Morgan fingerprint density at radius 2 is 1.25 bits per heavy atom. The molecule has 0 aliphatic carbocycles. The van der Waals surface area contributed by atoms with Gasteiger partial charge in [-0.05, 0) is 76.6 Å². The maximum absolute atomic E-state index is 15.0. The normalized spacial score (nSPS) is 11.3. The first kappa shape index (κ1) is 22.0. The van der Waals surface area contributed by atoms with Crippen molar-refractivity contribution in [2.24, 2.45) is 0 Å². The van der Waals surface area contributed by atoms with Crippen molar-refractivity contribution in [2.45, 2.75) is 32.6 Å². The highest BCUT2D eigenvalue weighted by atomic mass is 19.2. The van der Waals surface area contributed by atoms with E-state index in [4.69, 9.17) is 0 Å². The van der Waals surface area contributed by atoms with Crippen LogP contribution in [0.3, 0.4) is 0 Å². The molecule has 4 aromatic rings. The number of unbranched alkanes of at least 4 members (excludes halogenated alkanes) is 1. The Morgan fingerprint density at radius 3 is 1.88 bits per heavy atom. The fourth-order valence-corrected chi connectivity index (χ4v) is 4.07. The summed E-state index contributed by atoms with van der Waals surface area (Å²) in [5.41, 5.74) is 1.88. The number of halogens is 5. The smallest absolute Gasteiger partial charge is 0.194 e. The van der Waals surface area contributed by atoms with E-state index in [0.717, 1.165) is 25.0 Å². The molecule has 4 rings (SSSR count). The maximum Gasteiger partial charge on any atom is 0.194 e. The molecule has 4 aromatic carbocycles. The molecule has 5 heteroatoms. The summed E-state index contributed by atoms with van der Waals surface area (Å²) in [6, 6.07) is 15.0. The van der Waals surface area contributed by atoms with Crippen molar-refractivity contribution in [3.63, 3.8) is 0 Å². The first-order chi connectivity index (χ1) is 15.4. The Labute approximate surface area is 183 Å². The molecule has 164 valence electrons. The van der Waals surface area contributed by atoms with Crippen molar-refractivity contribution in [1.82, 2.24) is 0 Å². The average molecular weight is 440 g/mol. The fraction of sp³-hybridized carbons (Fsp3) is 0.185. The number of benzene rings is 4. The van der Waals surface area contributed by atoms with E-state index in [0.29, 0.717) is 33.9 Å². The van der Waals surface area contributed by atoms with Crippen molar-refractivity contribution in [3.8, 4) is 11.1 Å². The number of aryl methyl sites for hydroxylation is 1. The lowest BCUT2D eigenvalue weighted by atomic mass is 9.91. The number of fused-ring (bicyclic) bond motifs is 1. The highest BCUT2D eigenvalue weighted by Gasteiger charge is 2.18. The summed E-state index contributed by atoms with van der Waals surface area (Å²) in [5, 5.41) is 1.32. The summed E-state index contributed by atoms with van der Waals surface area (Å²) in [4.78, 5) is 0. The van der Waals surface area contributed by atoms with Gasteiger partial charge < -0.3 is 0 Å². The van der Waals surface area contributed by atoms with Gasteiger partial charge in [0.2, 0.25) is 0 Å². The minimum atomic E-state index is -1.51. The fourth-order valence-electron chi connectivity index (χ4n) is 4.07. The van der Waals surface area contributed by atoms with E-state index in [2.05, 4.69) is 0 Å². The van der Waals surface area contributed by atoms with Crippen molar-refractivity contribution in [2.75, 3.05) is 0 Å². The standard InChI is InChI=1S/C27H21F5/c1-2-3-6-16-12-22(28)26(23(29)13-16)21-10-9-18(19-7-4-5-8-20(19)21)11-17-14-24(30)27(32)25(31)15-17/h4-5,7-10,12-15H,2-3,6,11H2,1H3. The lowest BCUT2D eigenvalue weighted by molar-refractivity contribution is 0.445. The topological polar surface area (TPSA) is 0 Å². The molecule has 32 heavy (non-hydrogen) atoms. The molecule has 0 bridgehead atoms.